The van der Waals surface area contributed by atoms with Crippen LogP contribution in [-0.4, -0.2) is 39.7 Å². The zero-order valence-corrected chi connectivity index (χ0v) is 19.8. The van der Waals surface area contributed by atoms with Crippen molar-refractivity contribution in [2.75, 3.05) is 17.2 Å². The number of aryl methyl sites for hydroxylation is 2. The van der Waals surface area contributed by atoms with Crippen LogP contribution in [0.1, 0.15) is 51.6 Å². The van der Waals surface area contributed by atoms with E-state index in [1.807, 2.05) is 30.7 Å². The van der Waals surface area contributed by atoms with E-state index < -0.39 is 12.6 Å². The number of amides is 2. The van der Waals surface area contributed by atoms with Crippen molar-refractivity contribution in [3.05, 3.63) is 57.9 Å². The van der Waals surface area contributed by atoms with Crippen molar-refractivity contribution < 1.29 is 23.9 Å². The number of aromatic nitrogens is 2. The number of rotatable bonds is 7. The SMILES string of the molecule is CC(=O)Nc1cc(NC(C)=O)cc(C(=O)OCC(=O)c2cc(C)n(-c3nc(C)cs3)c2C)c1. The molecule has 10 heteroatoms. The summed E-state index contributed by atoms with van der Waals surface area (Å²) in [6.07, 6.45) is 0. The predicted octanol–water partition coefficient (Wildman–Crippen LogP) is 3.82. The number of hydrogen-bond donors (Lipinski definition) is 2. The second-order valence-corrected chi connectivity index (χ2v) is 8.39. The summed E-state index contributed by atoms with van der Waals surface area (Å²) in [5.74, 6) is -1.78. The molecule has 1 aromatic carbocycles. The van der Waals surface area contributed by atoms with Gasteiger partial charge in [0, 0.05) is 47.6 Å². The third kappa shape index (κ3) is 5.72. The number of ketones is 1. The van der Waals surface area contributed by atoms with Gasteiger partial charge in [-0.15, -0.1) is 11.3 Å². The van der Waals surface area contributed by atoms with Crippen LogP contribution in [0.2, 0.25) is 0 Å². The number of anilines is 2. The largest absolute Gasteiger partial charge is 0.454 e. The van der Waals surface area contributed by atoms with Crippen LogP contribution in [0.15, 0.2) is 29.6 Å². The quantitative estimate of drug-likeness (QED) is 0.402. The van der Waals surface area contributed by atoms with E-state index in [0.717, 1.165) is 16.5 Å². The van der Waals surface area contributed by atoms with Gasteiger partial charge in [0.1, 0.15) is 0 Å². The van der Waals surface area contributed by atoms with Gasteiger partial charge in [-0.25, -0.2) is 9.78 Å². The Kier molecular flexibility index (Phi) is 7.07. The fourth-order valence-corrected chi connectivity index (χ4v) is 4.28. The number of nitrogens with one attached hydrogen (secondary N) is 2. The predicted molar refractivity (Wildman–Crippen MR) is 125 cm³/mol. The van der Waals surface area contributed by atoms with Crippen molar-refractivity contribution in [3.63, 3.8) is 0 Å². The topological polar surface area (TPSA) is 119 Å². The molecule has 0 aliphatic carbocycles. The van der Waals surface area contributed by atoms with Crippen LogP contribution in [0.5, 0.6) is 0 Å². The minimum absolute atomic E-state index is 0.0848. The van der Waals surface area contributed by atoms with E-state index in [0.29, 0.717) is 22.6 Å². The number of benzene rings is 1. The fraction of sp³-hybridized carbons (Fsp3) is 0.261. The second-order valence-electron chi connectivity index (χ2n) is 7.55. The number of nitrogens with zero attached hydrogens (tertiary/aromatic N) is 2. The molecule has 0 aliphatic heterocycles. The van der Waals surface area contributed by atoms with E-state index in [1.54, 1.807) is 6.07 Å². The van der Waals surface area contributed by atoms with Crippen LogP contribution in [0.3, 0.4) is 0 Å². The van der Waals surface area contributed by atoms with Gasteiger partial charge in [-0.1, -0.05) is 0 Å². The van der Waals surface area contributed by atoms with Gasteiger partial charge in [0.25, 0.3) is 0 Å². The lowest BCUT2D eigenvalue weighted by Crippen LogP contribution is -2.16. The van der Waals surface area contributed by atoms with Crippen LogP contribution in [-0.2, 0) is 14.3 Å². The summed E-state index contributed by atoms with van der Waals surface area (Å²) in [6, 6.07) is 6.08. The third-order valence-electron chi connectivity index (χ3n) is 4.67. The molecule has 0 bridgehead atoms. The van der Waals surface area contributed by atoms with E-state index >= 15 is 0 Å². The number of carbonyl (C=O) groups excluding carboxylic acids is 4. The standard InChI is InChI=1S/C23H24N4O5S/c1-12-11-33-23(24-12)27-13(2)6-20(14(27)3)21(30)10-32-22(31)17-7-18(25-15(4)28)9-19(8-17)26-16(5)29/h6-9,11H,10H2,1-5H3,(H,25,28)(H,26,29). The molecule has 3 rings (SSSR count). The lowest BCUT2D eigenvalue weighted by molar-refractivity contribution is -0.115. The van der Waals surface area contributed by atoms with Gasteiger partial charge in [0.2, 0.25) is 17.6 Å². The molecule has 0 radical (unpaired) electrons. The third-order valence-corrected chi connectivity index (χ3v) is 5.62. The Morgan fingerprint density at radius 3 is 2.09 bits per heavy atom. The van der Waals surface area contributed by atoms with Crippen molar-refractivity contribution >= 4 is 46.3 Å². The van der Waals surface area contributed by atoms with Crippen LogP contribution >= 0.6 is 11.3 Å². The Balaban J connectivity index is 1.77. The lowest BCUT2D eigenvalue weighted by Gasteiger charge is -2.11. The number of esters is 1. The minimum atomic E-state index is -0.758. The Labute approximate surface area is 194 Å². The van der Waals surface area contributed by atoms with E-state index in [-0.39, 0.29) is 23.2 Å². The molecular formula is C23H24N4O5S. The minimum Gasteiger partial charge on any atom is -0.454 e. The van der Waals surface area contributed by atoms with Gasteiger partial charge in [-0.2, -0.15) is 0 Å². The van der Waals surface area contributed by atoms with Gasteiger partial charge < -0.3 is 15.4 Å². The fourth-order valence-electron chi connectivity index (χ4n) is 3.37. The highest BCUT2D eigenvalue weighted by Crippen LogP contribution is 2.24. The van der Waals surface area contributed by atoms with Gasteiger partial charge in [0.15, 0.2) is 11.7 Å². The summed E-state index contributed by atoms with van der Waals surface area (Å²) >= 11 is 1.48. The maximum Gasteiger partial charge on any atom is 0.338 e. The molecule has 2 heterocycles. The van der Waals surface area contributed by atoms with Crippen molar-refractivity contribution in [1.82, 2.24) is 9.55 Å². The molecular weight excluding hydrogens is 444 g/mol. The molecule has 0 spiro atoms. The van der Waals surface area contributed by atoms with Crippen LogP contribution in [0.4, 0.5) is 11.4 Å². The molecule has 3 aromatic rings. The molecule has 9 nitrogen and oxygen atoms in total. The molecule has 2 amide bonds. The summed E-state index contributed by atoms with van der Waals surface area (Å²) in [7, 11) is 0. The maximum absolute atomic E-state index is 12.8. The van der Waals surface area contributed by atoms with Gasteiger partial charge >= 0.3 is 5.97 Å². The van der Waals surface area contributed by atoms with E-state index in [2.05, 4.69) is 15.6 Å². The Hall–Kier alpha value is -3.79. The second kappa shape index (κ2) is 9.78. The summed E-state index contributed by atoms with van der Waals surface area (Å²) < 4.78 is 7.13. The number of thiazole rings is 1. The maximum atomic E-state index is 12.8. The molecule has 0 unspecified atom stereocenters. The summed E-state index contributed by atoms with van der Waals surface area (Å²) in [6.45, 7) is 7.78. The molecule has 33 heavy (non-hydrogen) atoms. The molecule has 0 atom stereocenters. The van der Waals surface area contributed by atoms with Crippen molar-refractivity contribution in [2.24, 2.45) is 0 Å². The normalized spacial score (nSPS) is 10.6. The van der Waals surface area contributed by atoms with E-state index in [9.17, 15) is 19.2 Å². The molecule has 0 aliphatic rings. The highest BCUT2D eigenvalue weighted by molar-refractivity contribution is 7.12. The summed E-state index contributed by atoms with van der Waals surface area (Å²) in [5, 5.41) is 7.83. The average Bonchev–Trinajstić information content (AvgIpc) is 3.26. The van der Waals surface area contributed by atoms with Crippen molar-refractivity contribution in [1.29, 1.82) is 0 Å². The molecule has 2 N–H and O–H groups in total. The zero-order chi connectivity index (χ0) is 24.3. The molecule has 0 saturated carbocycles. The average molecular weight is 469 g/mol. The van der Waals surface area contributed by atoms with Crippen LogP contribution in [0.25, 0.3) is 5.13 Å². The monoisotopic (exact) mass is 468 g/mol. The Bertz CT molecular complexity index is 1220. The summed E-state index contributed by atoms with van der Waals surface area (Å²) in [5.41, 5.74) is 3.61. The first-order valence-corrected chi connectivity index (χ1v) is 10.9. The molecule has 0 fully saturated rings. The first-order chi connectivity index (χ1) is 15.5. The number of hydrogen-bond acceptors (Lipinski definition) is 7. The zero-order valence-electron chi connectivity index (χ0n) is 18.9. The van der Waals surface area contributed by atoms with Gasteiger partial charge in [-0.3, -0.25) is 19.0 Å². The van der Waals surface area contributed by atoms with E-state index in [1.165, 1.54) is 43.4 Å². The van der Waals surface area contributed by atoms with Gasteiger partial charge in [-0.05, 0) is 45.0 Å². The molecule has 172 valence electrons. The van der Waals surface area contributed by atoms with Crippen LogP contribution in [0, 0.1) is 20.8 Å². The highest BCUT2D eigenvalue weighted by Gasteiger charge is 2.20. The Morgan fingerprint density at radius 2 is 1.58 bits per heavy atom. The van der Waals surface area contributed by atoms with Crippen molar-refractivity contribution in [2.45, 2.75) is 34.6 Å². The molecule has 2 aromatic heterocycles. The molecule has 0 saturated heterocycles. The lowest BCUT2D eigenvalue weighted by atomic mass is 10.1. The first kappa shape index (κ1) is 23.9. The van der Waals surface area contributed by atoms with Crippen LogP contribution < -0.4 is 10.6 Å². The highest BCUT2D eigenvalue weighted by atomic mass is 32.1. The first-order valence-electron chi connectivity index (χ1n) is 10.1. The van der Waals surface area contributed by atoms with Gasteiger partial charge in [0.05, 0.1) is 11.3 Å². The number of ether oxygens (including phenoxy) is 1. The summed E-state index contributed by atoms with van der Waals surface area (Å²) in [4.78, 5) is 52.7. The Morgan fingerprint density at radius 1 is 0.970 bits per heavy atom. The number of Topliss-reactive ketones (excluding diaryl/α,β-unsaturated/α-hetero) is 1. The number of carbonyl (C=O) groups is 4. The van der Waals surface area contributed by atoms with E-state index in [4.69, 9.17) is 4.74 Å². The van der Waals surface area contributed by atoms with Crippen molar-refractivity contribution in [3.8, 4) is 5.13 Å². The smallest absolute Gasteiger partial charge is 0.338 e.